The first-order valence-corrected chi connectivity index (χ1v) is 9.44. The molecule has 5 saturated carbocycles. The highest BCUT2D eigenvalue weighted by atomic mass is 14.9. The first-order valence-electron chi connectivity index (χ1n) is 9.44. The fourth-order valence-corrected chi connectivity index (χ4v) is 6.60. The highest BCUT2D eigenvalue weighted by Crippen LogP contribution is 2.61. The van der Waals surface area contributed by atoms with Crippen LogP contribution < -0.4 is 5.32 Å². The molecule has 5 fully saturated rings. The average Bonchev–Trinajstić information content (AvgIpc) is 2.39. The summed E-state index contributed by atoms with van der Waals surface area (Å²) >= 11 is 0. The third kappa shape index (κ3) is 2.67. The van der Waals surface area contributed by atoms with Gasteiger partial charge in [0.2, 0.25) is 0 Å². The molecule has 5 rings (SSSR count). The van der Waals surface area contributed by atoms with Crippen LogP contribution in [0.5, 0.6) is 0 Å². The van der Waals surface area contributed by atoms with Gasteiger partial charge in [-0.15, -0.1) is 0 Å². The van der Waals surface area contributed by atoms with Crippen molar-refractivity contribution in [2.75, 3.05) is 6.54 Å². The zero-order valence-corrected chi connectivity index (χ0v) is 13.4. The van der Waals surface area contributed by atoms with E-state index < -0.39 is 0 Å². The van der Waals surface area contributed by atoms with Crippen molar-refractivity contribution < 1.29 is 0 Å². The molecule has 20 heavy (non-hydrogen) atoms. The van der Waals surface area contributed by atoms with Gasteiger partial charge in [0.15, 0.2) is 0 Å². The Morgan fingerprint density at radius 1 is 0.850 bits per heavy atom. The molecule has 0 atom stereocenters. The summed E-state index contributed by atoms with van der Waals surface area (Å²) in [6.07, 6.45) is 16.8. The number of hydrogen-bond donors (Lipinski definition) is 1. The molecule has 0 spiro atoms. The van der Waals surface area contributed by atoms with E-state index in [1.54, 1.807) is 38.5 Å². The first-order chi connectivity index (χ1) is 9.71. The van der Waals surface area contributed by atoms with Crippen LogP contribution >= 0.6 is 0 Å². The summed E-state index contributed by atoms with van der Waals surface area (Å²) in [4.78, 5) is 0. The fourth-order valence-electron chi connectivity index (χ4n) is 6.60. The maximum atomic E-state index is 3.92. The van der Waals surface area contributed by atoms with Crippen LogP contribution in [-0.2, 0) is 0 Å². The molecule has 1 nitrogen and oxygen atoms in total. The number of rotatable bonds is 4. The molecule has 5 aliphatic carbocycles. The van der Waals surface area contributed by atoms with E-state index in [2.05, 4.69) is 12.2 Å². The largest absolute Gasteiger partial charge is 0.314 e. The van der Waals surface area contributed by atoms with Gasteiger partial charge in [-0.1, -0.05) is 6.92 Å². The molecule has 0 unspecified atom stereocenters. The molecule has 1 heteroatoms. The van der Waals surface area contributed by atoms with Gasteiger partial charge in [0, 0.05) is 6.04 Å². The van der Waals surface area contributed by atoms with Crippen molar-refractivity contribution in [1.82, 2.24) is 5.32 Å². The summed E-state index contributed by atoms with van der Waals surface area (Å²) in [6, 6.07) is 0.847. The second-order valence-corrected chi connectivity index (χ2v) is 9.08. The van der Waals surface area contributed by atoms with Crippen molar-refractivity contribution in [2.45, 2.75) is 83.6 Å². The van der Waals surface area contributed by atoms with E-state index in [4.69, 9.17) is 0 Å². The van der Waals surface area contributed by atoms with Crippen LogP contribution in [0.1, 0.15) is 77.6 Å². The molecule has 0 aromatic carbocycles. The molecule has 0 aliphatic heterocycles. The van der Waals surface area contributed by atoms with Crippen LogP contribution in [0.25, 0.3) is 0 Å². The third-order valence-electron chi connectivity index (χ3n) is 7.27. The molecule has 114 valence electrons. The topological polar surface area (TPSA) is 12.0 Å². The smallest absolute Gasteiger partial charge is 0.00672 e. The summed E-state index contributed by atoms with van der Waals surface area (Å²) in [5.74, 6) is 4.35. The van der Waals surface area contributed by atoms with Gasteiger partial charge in [-0.05, 0) is 106 Å². The predicted molar refractivity (Wildman–Crippen MR) is 84.6 cm³/mol. The Morgan fingerprint density at radius 3 is 1.95 bits per heavy atom. The Hall–Kier alpha value is -0.0400. The molecule has 0 aromatic heterocycles. The second kappa shape index (κ2) is 5.30. The van der Waals surface area contributed by atoms with Crippen LogP contribution in [0.2, 0.25) is 0 Å². The first kappa shape index (κ1) is 13.6. The molecule has 0 saturated heterocycles. The lowest BCUT2D eigenvalue weighted by atomic mass is 9.49. The summed E-state index contributed by atoms with van der Waals surface area (Å²) in [7, 11) is 0. The highest BCUT2D eigenvalue weighted by molar-refractivity contribution is 5.01. The Labute approximate surface area is 125 Å². The molecule has 4 bridgehead atoms. The fraction of sp³-hybridized carbons (Fsp3) is 1.00. The molecule has 5 aliphatic rings. The van der Waals surface area contributed by atoms with Crippen molar-refractivity contribution in [2.24, 2.45) is 29.1 Å². The lowest BCUT2D eigenvalue weighted by molar-refractivity contribution is -0.0571. The Balaban J connectivity index is 1.27. The molecule has 0 heterocycles. The van der Waals surface area contributed by atoms with Gasteiger partial charge >= 0.3 is 0 Å². The minimum Gasteiger partial charge on any atom is -0.314 e. The molecule has 1 N–H and O–H groups in total. The Bertz CT molecular complexity index is 304. The van der Waals surface area contributed by atoms with Crippen molar-refractivity contribution in [1.29, 1.82) is 0 Å². The van der Waals surface area contributed by atoms with Gasteiger partial charge in [0.25, 0.3) is 0 Å². The van der Waals surface area contributed by atoms with Gasteiger partial charge in [-0.3, -0.25) is 0 Å². The molecule has 0 amide bonds. The maximum Gasteiger partial charge on any atom is 0.00672 e. The summed E-state index contributed by atoms with van der Waals surface area (Å²) in [6.45, 7) is 3.73. The SMILES string of the molecule is CC1CCC(NCCC23CC4CC(CC(C4)C2)C3)CC1. The monoisotopic (exact) mass is 275 g/mol. The van der Waals surface area contributed by atoms with Crippen molar-refractivity contribution >= 4 is 0 Å². The third-order valence-corrected chi connectivity index (χ3v) is 7.27. The highest BCUT2D eigenvalue weighted by Gasteiger charge is 2.50. The van der Waals surface area contributed by atoms with E-state index in [0.29, 0.717) is 0 Å². The van der Waals surface area contributed by atoms with Gasteiger partial charge < -0.3 is 5.32 Å². The Morgan fingerprint density at radius 2 is 1.40 bits per heavy atom. The normalized spacial score (nSPS) is 50.5. The van der Waals surface area contributed by atoms with Gasteiger partial charge in [0.1, 0.15) is 0 Å². The van der Waals surface area contributed by atoms with Gasteiger partial charge in [-0.25, -0.2) is 0 Å². The number of nitrogens with one attached hydrogen (secondary N) is 1. The van der Waals surface area contributed by atoms with Crippen LogP contribution in [0.15, 0.2) is 0 Å². The average molecular weight is 275 g/mol. The van der Waals surface area contributed by atoms with Crippen LogP contribution in [0, 0.1) is 29.1 Å². The van der Waals surface area contributed by atoms with E-state index >= 15 is 0 Å². The summed E-state index contributed by atoms with van der Waals surface area (Å²) in [5.41, 5.74) is 0.781. The molecular formula is C19H33N. The Kier molecular flexibility index (Phi) is 3.61. The molecule has 0 radical (unpaired) electrons. The summed E-state index contributed by atoms with van der Waals surface area (Å²) in [5, 5.41) is 3.92. The minimum absolute atomic E-state index is 0.781. The van der Waals surface area contributed by atoms with Gasteiger partial charge in [-0.2, -0.15) is 0 Å². The van der Waals surface area contributed by atoms with E-state index in [9.17, 15) is 0 Å². The van der Waals surface area contributed by atoms with Crippen LogP contribution in [0.4, 0.5) is 0 Å². The predicted octanol–water partition coefficient (Wildman–Crippen LogP) is 4.76. The van der Waals surface area contributed by atoms with Crippen LogP contribution in [0.3, 0.4) is 0 Å². The number of hydrogen-bond acceptors (Lipinski definition) is 1. The van der Waals surface area contributed by atoms with E-state index in [-0.39, 0.29) is 0 Å². The van der Waals surface area contributed by atoms with E-state index in [0.717, 1.165) is 35.1 Å². The summed E-state index contributed by atoms with van der Waals surface area (Å²) < 4.78 is 0. The minimum atomic E-state index is 0.781. The van der Waals surface area contributed by atoms with E-state index in [1.165, 1.54) is 38.6 Å². The van der Waals surface area contributed by atoms with Crippen molar-refractivity contribution in [3.8, 4) is 0 Å². The van der Waals surface area contributed by atoms with Crippen LogP contribution in [-0.4, -0.2) is 12.6 Å². The zero-order valence-electron chi connectivity index (χ0n) is 13.4. The standard InChI is InChI=1S/C19H33N/c1-14-2-4-18(5-3-14)20-7-6-19-11-15-8-16(12-19)10-17(9-15)13-19/h14-18,20H,2-13H2,1H3. The quantitative estimate of drug-likeness (QED) is 0.780. The van der Waals surface area contributed by atoms with Crippen molar-refractivity contribution in [3.05, 3.63) is 0 Å². The lowest BCUT2D eigenvalue weighted by Gasteiger charge is -2.57. The molecular weight excluding hydrogens is 242 g/mol. The second-order valence-electron chi connectivity index (χ2n) is 9.08. The van der Waals surface area contributed by atoms with Gasteiger partial charge in [0.05, 0.1) is 0 Å². The van der Waals surface area contributed by atoms with Crippen molar-refractivity contribution in [3.63, 3.8) is 0 Å². The van der Waals surface area contributed by atoms with E-state index in [1.807, 2.05) is 0 Å². The lowest BCUT2D eigenvalue weighted by Crippen LogP contribution is -2.47. The molecule has 0 aromatic rings. The zero-order chi connectivity index (χ0) is 13.6. The maximum absolute atomic E-state index is 3.92.